The second kappa shape index (κ2) is 6.20. The summed E-state index contributed by atoms with van der Waals surface area (Å²) in [5, 5.41) is 4.12. The molecule has 0 aliphatic carbocycles. The van der Waals surface area contributed by atoms with Crippen molar-refractivity contribution in [3.8, 4) is 5.75 Å². The van der Waals surface area contributed by atoms with Crippen molar-refractivity contribution in [2.24, 2.45) is 0 Å². The largest absolute Gasteiger partial charge is 0.490 e. The van der Waals surface area contributed by atoms with Gasteiger partial charge in [-0.3, -0.25) is 0 Å². The lowest BCUT2D eigenvalue weighted by atomic mass is 10.1. The highest BCUT2D eigenvalue weighted by Crippen LogP contribution is 2.38. The zero-order chi connectivity index (χ0) is 17.4. The molecule has 3 aromatic rings. The number of fused-ring (bicyclic) bond motifs is 3. The first-order valence-corrected chi connectivity index (χ1v) is 9.81. The molecular weight excluding hydrogens is 338 g/mol. The lowest BCUT2D eigenvalue weighted by molar-refractivity contribution is 0.336. The van der Waals surface area contributed by atoms with Gasteiger partial charge < -0.3 is 14.5 Å². The van der Waals surface area contributed by atoms with Gasteiger partial charge in [-0.2, -0.15) is 0 Å². The second-order valence-electron chi connectivity index (χ2n) is 5.98. The maximum Gasteiger partial charge on any atom is 0.206 e. The Morgan fingerprint density at radius 2 is 1.96 bits per heavy atom. The van der Waals surface area contributed by atoms with E-state index in [4.69, 9.17) is 9.15 Å². The number of sulfone groups is 1. The van der Waals surface area contributed by atoms with Gasteiger partial charge in [0.25, 0.3) is 0 Å². The fourth-order valence-corrected chi connectivity index (χ4v) is 4.53. The van der Waals surface area contributed by atoms with E-state index in [-0.39, 0.29) is 9.79 Å². The first-order chi connectivity index (χ1) is 12.1. The molecule has 5 nitrogen and oxygen atoms in total. The SMILES string of the molecule is CCOc1cc(S(=O)(=O)c2ccccc2)cc2c3c(oc12)CCNC3. The number of rotatable bonds is 4. The lowest BCUT2D eigenvalue weighted by Gasteiger charge is -2.11. The van der Waals surface area contributed by atoms with E-state index in [0.29, 0.717) is 24.5 Å². The predicted octanol–water partition coefficient (Wildman–Crippen LogP) is 3.31. The van der Waals surface area contributed by atoms with Crippen molar-refractivity contribution < 1.29 is 17.6 Å². The molecule has 0 bridgehead atoms. The highest BCUT2D eigenvalue weighted by molar-refractivity contribution is 7.91. The number of ether oxygens (including phenoxy) is 1. The first-order valence-electron chi connectivity index (χ1n) is 8.33. The van der Waals surface area contributed by atoms with Crippen molar-refractivity contribution in [2.75, 3.05) is 13.2 Å². The lowest BCUT2D eigenvalue weighted by Crippen LogP contribution is -2.22. The van der Waals surface area contributed by atoms with Gasteiger partial charge >= 0.3 is 0 Å². The molecule has 0 fully saturated rings. The molecule has 0 amide bonds. The van der Waals surface area contributed by atoms with Crippen LogP contribution in [0.3, 0.4) is 0 Å². The maximum atomic E-state index is 13.0. The molecule has 130 valence electrons. The van der Waals surface area contributed by atoms with Gasteiger partial charge in [-0.25, -0.2) is 8.42 Å². The van der Waals surface area contributed by atoms with E-state index in [9.17, 15) is 8.42 Å². The average Bonchev–Trinajstić information content (AvgIpc) is 3.02. The summed E-state index contributed by atoms with van der Waals surface area (Å²) >= 11 is 0. The first kappa shape index (κ1) is 16.2. The zero-order valence-electron chi connectivity index (χ0n) is 13.9. The van der Waals surface area contributed by atoms with Crippen LogP contribution in [0.5, 0.6) is 5.75 Å². The molecule has 0 radical (unpaired) electrons. The van der Waals surface area contributed by atoms with Crippen LogP contribution in [0, 0.1) is 0 Å². The standard InChI is InChI=1S/C19H19NO4S/c1-2-23-18-11-14(25(21,22)13-6-4-3-5-7-13)10-15-16-12-20-9-8-17(16)24-19(15)18/h3-7,10-11,20H,2,8-9,12H2,1H3. The average molecular weight is 357 g/mol. The molecule has 1 aromatic heterocycles. The Bertz CT molecular complexity index is 1020. The molecule has 0 saturated carbocycles. The minimum Gasteiger partial charge on any atom is -0.490 e. The number of hydrogen-bond acceptors (Lipinski definition) is 5. The second-order valence-corrected chi connectivity index (χ2v) is 7.93. The van der Waals surface area contributed by atoms with E-state index in [1.807, 2.05) is 6.92 Å². The zero-order valence-corrected chi connectivity index (χ0v) is 14.7. The maximum absolute atomic E-state index is 13.0. The van der Waals surface area contributed by atoms with E-state index in [2.05, 4.69) is 5.32 Å². The monoisotopic (exact) mass is 357 g/mol. The van der Waals surface area contributed by atoms with E-state index in [0.717, 1.165) is 29.7 Å². The van der Waals surface area contributed by atoms with Crippen molar-refractivity contribution in [3.63, 3.8) is 0 Å². The summed E-state index contributed by atoms with van der Waals surface area (Å²) in [6.45, 7) is 3.83. The quantitative estimate of drug-likeness (QED) is 0.776. The molecular formula is C19H19NO4S. The summed E-state index contributed by atoms with van der Waals surface area (Å²) in [7, 11) is -3.62. The number of nitrogens with one attached hydrogen (secondary N) is 1. The minimum absolute atomic E-state index is 0.226. The molecule has 6 heteroatoms. The van der Waals surface area contributed by atoms with Crippen LogP contribution in [0.25, 0.3) is 11.0 Å². The van der Waals surface area contributed by atoms with Crippen LogP contribution < -0.4 is 10.1 Å². The summed E-state index contributed by atoms with van der Waals surface area (Å²) in [6.07, 6.45) is 0.788. The van der Waals surface area contributed by atoms with Crippen LogP contribution in [0.4, 0.5) is 0 Å². The summed E-state index contributed by atoms with van der Waals surface area (Å²) in [5.74, 6) is 1.38. The summed E-state index contributed by atoms with van der Waals surface area (Å²) in [6, 6.07) is 11.7. The Balaban J connectivity index is 1.96. The Kier molecular flexibility index (Phi) is 4.01. The molecule has 0 spiro atoms. The highest BCUT2D eigenvalue weighted by atomic mass is 32.2. The number of furan rings is 1. The summed E-state index contributed by atoms with van der Waals surface area (Å²) in [5.41, 5.74) is 1.65. The summed E-state index contributed by atoms with van der Waals surface area (Å²) in [4.78, 5) is 0.496. The van der Waals surface area contributed by atoms with E-state index in [1.165, 1.54) is 0 Å². The van der Waals surface area contributed by atoms with E-state index >= 15 is 0 Å². The van der Waals surface area contributed by atoms with Gasteiger partial charge in [0.05, 0.1) is 16.4 Å². The molecule has 2 heterocycles. The Labute approximate surface area is 146 Å². The van der Waals surface area contributed by atoms with Gasteiger partial charge in [0.15, 0.2) is 11.3 Å². The third-order valence-electron chi connectivity index (χ3n) is 4.41. The van der Waals surface area contributed by atoms with Gasteiger partial charge in [0.1, 0.15) is 5.76 Å². The van der Waals surface area contributed by atoms with Crippen molar-refractivity contribution in [1.82, 2.24) is 5.32 Å². The fraction of sp³-hybridized carbons (Fsp3) is 0.263. The molecule has 1 N–H and O–H groups in total. The molecule has 0 unspecified atom stereocenters. The molecule has 25 heavy (non-hydrogen) atoms. The Morgan fingerprint density at radius 1 is 1.16 bits per heavy atom. The van der Waals surface area contributed by atoms with Crippen molar-refractivity contribution in [3.05, 3.63) is 53.8 Å². The van der Waals surface area contributed by atoms with Crippen LogP contribution in [0.1, 0.15) is 18.2 Å². The molecule has 1 aliphatic heterocycles. The van der Waals surface area contributed by atoms with E-state index in [1.54, 1.807) is 42.5 Å². The van der Waals surface area contributed by atoms with Gasteiger partial charge in [0, 0.05) is 36.5 Å². The Morgan fingerprint density at radius 3 is 2.72 bits per heavy atom. The van der Waals surface area contributed by atoms with Crippen molar-refractivity contribution >= 4 is 20.8 Å². The van der Waals surface area contributed by atoms with Crippen molar-refractivity contribution in [1.29, 1.82) is 0 Å². The highest BCUT2D eigenvalue weighted by Gasteiger charge is 2.25. The molecule has 4 rings (SSSR count). The van der Waals surface area contributed by atoms with Crippen LogP contribution in [0.15, 0.2) is 56.7 Å². The summed E-state index contributed by atoms with van der Waals surface area (Å²) < 4.78 is 37.7. The van der Waals surface area contributed by atoms with Gasteiger partial charge in [-0.15, -0.1) is 0 Å². The molecule has 2 aromatic carbocycles. The molecule has 0 saturated heterocycles. The van der Waals surface area contributed by atoms with Crippen LogP contribution in [-0.4, -0.2) is 21.6 Å². The molecule has 1 aliphatic rings. The van der Waals surface area contributed by atoms with Crippen molar-refractivity contribution in [2.45, 2.75) is 29.7 Å². The molecule has 0 atom stereocenters. The van der Waals surface area contributed by atoms with Gasteiger partial charge in [-0.1, -0.05) is 18.2 Å². The third-order valence-corrected chi connectivity index (χ3v) is 6.16. The third kappa shape index (κ3) is 2.71. The van der Waals surface area contributed by atoms with Gasteiger partial charge in [0.2, 0.25) is 9.84 Å². The minimum atomic E-state index is -3.62. The van der Waals surface area contributed by atoms with Crippen LogP contribution >= 0.6 is 0 Å². The Hall–Kier alpha value is -2.31. The van der Waals surface area contributed by atoms with Crippen LogP contribution in [-0.2, 0) is 22.8 Å². The normalized spacial score (nSPS) is 14.4. The fourth-order valence-electron chi connectivity index (χ4n) is 3.21. The van der Waals surface area contributed by atoms with E-state index < -0.39 is 9.84 Å². The number of hydrogen-bond donors (Lipinski definition) is 1. The predicted molar refractivity (Wildman–Crippen MR) is 94.7 cm³/mol. The topological polar surface area (TPSA) is 68.5 Å². The van der Waals surface area contributed by atoms with Gasteiger partial charge in [-0.05, 0) is 25.1 Å². The van der Waals surface area contributed by atoms with Crippen LogP contribution in [0.2, 0.25) is 0 Å². The number of benzene rings is 2. The smallest absolute Gasteiger partial charge is 0.206 e.